The van der Waals surface area contributed by atoms with Gasteiger partial charge in [-0.2, -0.15) is 5.10 Å². The van der Waals surface area contributed by atoms with Crippen molar-refractivity contribution in [3.05, 3.63) is 59.7 Å². The number of hydrazone groups is 1. The smallest absolute Gasteiger partial charge is 0.265 e. The van der Waals surface area contributed by atoms with Crippen molar-refractivity contribution >= 4 is 12.1 Å². The molecule has 1 aromatic carbocycles. The first kappa shape index (κ1) is 12.9. The molecular formula is C14H14N4O. The number of benzene rings is 1. The molecule has 1 amide bonds. The maximum absolute atomic E-state index is 11.6. The van der Waals surface area contributed by atoms with E-state index in [0.29, 0.717) is 0 Å². The van der Waals surface area contributed by atoms with Crippen molar-refractivity contribution < 1.29 is 4.79 Å². The van der Waals surface area contributed by atoms with Gasteiger partial charge in [-0.15, -0.1) is 0 Å². The number of nitrogens with zero attached hydrogens (tertiary/aromatic N) is 3. The first-order valence-corrected chi connectivity index (χ1v) is 5.98. The molecule has 5 heteroatoms. The molecule has 2 rings (SSSR count). The zero-order valence-corrected chi connectivity index (χ0v) is 10.6. The van der Waals surface area contributed by atoms with Crippen molar-refractivity contribution in [3.63, 3.8) is 0 Å². The molecule has 0 aliphatic rings. The zero-order chi connectivity index (χ0) is 13.5. The van der Waals surface area contributed by atoms with Gasteiger partial charge in [0.1, 0.15) is 5.69 Å². The van der Waals surface area contributed by atoms with Crippen LogP contribution in [0.25, 0.3) is 0 Å². The lowest BCUT2D eigenvalue weighted by Crippen LogP contribution is -2.19. The molecule has 0 bridgehead atoms. The lowest BCUT2D eigenvalue weighted by atomic mass is 10.1. The molecular weight excluding hydrogens is 240 g/mol. The van der Waals surface area contributed by atoms with E-state index in [-0.39, 0.29) is 11.6 Å². The van der Waals surface area contributed by atoms with Gasteiger partial charge in [-0.3, -0.25) is 9.78 Å². The van der Waals surface area contributed by atoms with E-state index in [1.54, 1.807) is 6.21 Å². The number of aromatic nitrogens is 2. The highest BCUT2D eigenvalue weighted by Crippen LogP contribution is 2.02. The van der Waals surface area contributed by atoms with Crippen molar-refractivity contribution in [2.45, 2.75) is 13.3 Å². The van der Waals surface area contributed by atoms with Crippen LogP contribution in [0.15, 0.2) is 48.0 Å². The summed E-state index contributed by atoms with van der Waals surface area (Å²) in [5.41, 5.74) is 4.83. The predicted octanol–water partition coefficient (Wildman–Crippen LogP) is 1.80. The van der Waals surface area contributed by atoms with Crippen LogP contribution >= 0.6 is 0 Å². The average Bonchev–Trinajstić information content (AvgIpc) is 2.49. The molecule has 0 spiro atoms. The lowest BCUT2D eigenvalue weighted by molar-refractivity contribution is 0.0950. The molecule has 0 saturated carbocycles. The van der Waals surface area contributed by atoms with E-state index in [1.807, 2.05) is 24.3 Å². The van der Waals surface area contributed by atoms with E-state index < -0.39 is 0 Å². The summed E-state index contributed by atoms with van der Waals surface area (Å²) < 4.78 is 0. The van der Waals surface area contributed by atoms with Crippen LogP contribution in [0.3, 0.4) is 0 Å². The molecule has 0 unspecified atom stereocenters. The Hall–Kier alpha value is -2.56. The van der Waals surface area contributed by atoms with Crippen LogP contribution in [-0.2, 0) is 6.42 Å². The Morgan fingerprint density at radius 2 is 2.11 bits per heavy atom. The third kappa shape index (κ3) is 3.70. The van der Waals surface area contributed by atoms with Gasteiger partial charge in [0, 0.05) is 12.4 Å². The Balaban J connectivity index is 1.94. The summed E-state index contributed by atoms with van der Waals surface area (Å²) in [6, 6.07) is 7.98. The van der Waals surface area contributed by atoms with Gasteiger partial charge in [0.25, 0.3) is 5.91 Å². The molecule has 0 fully saturated rings. The Kier molecular flexibility index (Phi) is 4.34. The monoisotopic (exact) mass is 254 g/mol. The molecule has 0 saturated heterocycles. The fraction of sp³-hybridized carbons (Fsp3) is 0.143. The van der Waals surface area contributed by atoms with E-state index in [2.05, 4.69) is 27.4 Å². The first-order chi connectivity index (χ1) is 9.29. The molecule has 0 atom stereocenters. The van der Waals surface area contributed by atoms with Crippen molar-refractivity contribution in [1.82, 2.24) is 15.4 Å². The second-order valence-electron chi connectivity index (χ2n) is 3.88. The summed E-state index contributed by atoms with van der Waals surface area (Å²) in [4.78, 5) is 19.3. The largest absolute Gasteiger partial charge is 0.291 e. The van der Waals surface area contributed by atoms with Gasteiger partial charge in [0.05, 0.1) is 12.4 Å². The molecule has 2 aromatic rings. The lowest BCUT2D eigenvalue weighted by Gasteiger charge is -1.98. The van der Waals surface area contributed by atoms with Crippen LogP contribution in [-0.4, -0.2) is 22.1 Å². The second-order valence-corrected chi connectivity index (χ2v) is 3.88. The van der Waals surface area contributed by atoms with E-state index in [0.717, 1.165) is 12.0 Å². The fourth-order valence-electron chi connectivity index (χ4n) is 1.48. The Labute approximate surface area is 111 Å². The highest BCUT2D eigenvalue weighted by molar-refractivity contribution is 5.92. The molecule has 0 radical (unpaired) electrons. The SMILES string of the molecule is CCc1ccc(/C=N\NC(=O)c2cnccn2)cc1. The molecule has 1 heterocycles. The minimum Gasteiger partial charge on any atom is -0.265 e. The Morgan fingerprint density at radius 3 is 2.74 bits per heavy atom. The van der Waals surface area contributed by atoms with Crippen LogP contribution in [0.5, 0.6) is 0 Å². The van der Waals surface area contributed by atoms with Gasteiger partial charge in [-0.05, 0) is 17.5 Å². The maximum Gasteiger partial charge on any atom is 0.291 e. The molecule has 0 aliphatic carbocycles. The van der Waals surface area contributed by atoms with Crippen LogP contribution < -0.4 is 5.43 Å². The van der Waals surface area contributed by atoms with E-state index >= 15 is 0 Å². The molecule has 96 valence electrons. The quantitative estimate of drug-likeness (QED) is 0.668. The van der Waals surface area contributed by atoms with Crippen molar-refractivity contribution in [2.75, 3.05) is 0 Å². The van der Waals surface area contributed by atoms with Crippen molar-refractivity contribution in [3.8, 4) is 0 Å². The third-order valence-electron chi connectivity index (χ3n) is 2.56. The molecule has 5 nitrogen and oxygen atoms in total. The number of hydrogen-bond donors (Lipinski definition) is 1. The van der Waals surface area contributed by atoms with E-state index in [4.69, 9.17) is 0 Å². The Bertz CT molecular complexity index is 564. The predicted molar refractivity (Wildman–Crippen MR) is 72.9 cm³/mol. The Morgan fingerprint density at radius 1 is 1.32 bits per heavy atom. The number of carbonyl (C=O) groups excluding carboxylic acids is 1. The normalized spacial score (nSPS) is 10.6. The summed E-state index contributed by atoms with van der Waals surface area (Å²) in [6.07, 6.45) is 6.95. The summed E-state index contributed by atoms with van der Waals surface area (Å²) >= 11 is 0. The standard InChI is InChI=1S/C14H14N4O/c1-2-11-3-5-12(6-4-11)9-17-18-14(19)13-10-15-7-8-16-13/h3-10H,2H2,1H3,(H,18,19)/b17-9-. The van der Waals surface area contributed by atoms with Gasteiger partial charge in [0.15, 0.2) is 0 Å². The van der Waals surface area contributed by atoms with E-state index in [1.165, 1.54) is 24.2 Å². The molecule has 19 heavy (non-hydrogen) atoms. The summed E-state index contributed by atoms with van der Waals surface area (Å²) in [7, 11) is 0. The zero-order valence-electron chi connectivity index (χ0n) is 10.6. The van der Waals surface area contributed by atoms with Gasteiger partial charge in [-0.1, -0.05) is 31.2 Å². The molecule has 1 N–H and O–H groups in total. The number of carbonyl (C=O) groups is 1. The molecule has 0 aliphatic heterocycles. The summed E-state index contributed by atoms with van der Waals surface area (Å²) in [6.45, 7) is 2.10. The van der Waals surface area contributed by atoms with Crippen molar-refractivity contribution in [1.29, 1.82) is 0 Å². The highest BCUT2D eigenvalue weighted by atomic mass is 16.2. The second kappa shape index (κ2) is 6.39. The van der Waals surface area contributed by atoms with Gasteiger partial charge >= 0.3 is 0 Å². The van der Waals surface area contributed by atoms with Crippen LogP contribution in [0.1, 0.15) is 28.5 Å². The highest BCUT2D eigenvalue weighted by Gasteiger charge is 2.04. The van der Waals surface area contributed by atoms with Gasteiger partial charge in [0.2, 0.25) is 0 Å². The minimum atomic E-state index is -0.380. The average molecular weight is 254 g/mol. The number of nitrogens with one attached hydrogen (secondary N) is 1. The van der Waals surface area contributed by atoms with Crippen LogP contribution in [0.4, 0.5) is 0 Å². The van der Waals surface area contributed by atoms with Crippen molar-refractivity contribution in [2.24, 2.45) is 5.10 Å². The molecule has 1 aromatic heterocycles. The van der Waals surface area contributed by atoms with Crippen LogP contribution in [0.2, 0.25) is 0 Å². The van der Waals surface area contributed by atoms with E-state index in [9.17, 15) is 4.79 Å². The maximum atomic E-state index is 11.6. The van der Waals surface area contributed by atoms with Gasteiger partial charge < -0.3 is 0 Å². The fourth-order valence-corrected chi connectivity index (χ4v) is 1.48. The minimum absolute atomic E-state index is 0.237. The number of amides is 1. The van der Waals surface area contributed by atoms with Crippen LogP contribution in [0, 0.1) is 0 Å². The number of rotatable bonds is 4. The first-order valence-electron chi connectivity index (χ1n) is 5.98. The number of hydrogen-bond acceptors (Lipinski definition) is 4. The topological polar surface area (TPSA) is 67.2 Å². The summed E-state index contributed by atoms with van der Waals surface area (Å²) in [5, 5.41) is 3.88. The summed E-state index contributed by atoms with van der Waals surface area (Å²) in [5.74, 6) is -0.380. The number of aryl methyl sites for hydroxylation is 1. The van der Waals surface area contributed by atoms with Gasteiger partial charge in [-0.25, -0.2) is 10.4 Å². The third-order valence-corrected chi connectivity index (χ3v) is 2.56.